The summed E-state index contributed by atoms with van der Waals surface area (Å²) in [5.74, 6) is 0.342. The van der Waals surface area contributed by atoms with E-state index in [1.165, 1.54) is 0 Å². The quantitative estimate of drug-likeness (QED) is 0.756. The summed E-state index contributed by atoms with van der Waals surface area (Å²) in [5, 5.41) is 6.41. The molecule has 0 radical (unpaired) electrons. The Morgan fingerprint density at radius 1 is 1.15 bits per heavy atom. The number of amides is 1. The fourth-order valence-corrected chi connectivity index (χ4v) is 1.97. The van der Waals surface area contributed by atoms with E-state index < -0.39 is 0 Å². The number of anilines is 1. The van der Waals surface area contributed by atoms with Crippen LogP contribution in [-0.4, -0.2) is 23.5 Å². The Morgan fingerprint density at radius 2 is 1.90 bits per heavy atom. The summed E-state index contributed by atoms with van der Waals surface area (Å²) in [5.41, 5.74) is 1.66. The number of aromatic amines is 1. The van der Waals surface area contributed by atoms with Gasteiger partial charge in [-0.05, 0) is 30.2 Å². The van der Waals surface area contributed by atoms with E-state index in [0.717, 1.165) is 5.69 Å². The number of nitrogens with one attached hydrogen (secondary N) is 3. The number of hydrogen-bond donors (Lipinski definition) is 3. The van der Waals surface area contributed by atoms with E-state index >= 15 is 0 Å². The van der Waals surface area contributed by atoms with E-state index in [1.54, 1.807) is 12.3 Å². The summed E-state index contributed by atoms with van der Waals surface area (Å²) in [4.78, 5) is 14.8. The Bertz CT molecular complexity index is 520. The summed E-state index contributed by atoms with van der Waals surface area (Å²) in [7, 11) is 0. The zero-order chi connectivity index (χ0) is 14.4. The summed E-state index contributed by atoms with van der Waals surface area (Å²) < 4.78 is 0. The molecule has 1 heterocycles. The van der Waals surface area contributed by atoms with Crippen LogP contribution < -0.4 is 10.6 Å². The van der Waals surface area contributed by atoms with Crippen molar-refractivity contribution in [2.75, 3.05) is 11.9 Å². The maximum Gasteiger partial charge on any atom is 0.267 e. The topological polar surface area (TPSA) is 56.9 Å². The second-order valence-electron chi connectivity index (χ2n) is 5.15. The van der Waals surface area contributed by atoms with Crippen LogP contribution in [-0.2, 0) is 0 Å². The van der Waals surface area contributed by atoms with Gasteiger partial charge in [0.25, 0.3) is 5.91 Å². The second kappa shape index (κ2) is 6.80. The molecule has 0 spiro atoms. The molecule has 4 heteroatoms. The third-order valence-electron chi connectivity index (χ3n) is 3.26. The van der Waals surface area contributed by atoms with Crippen LogP contribution in [0.5, 0.6) is 0 Å². The highest BCUT2D eigenvalue weighted by Crippen LogP contribution is 2.11. The number of benzene rings is 1. The number of para-hydroxylation sites is 1. The molecule has 0 bridgehead atoms. The molecule has 2 rings (SSSR count). The van der Waals surface area contributed by atoms with Gasteiger partial charge < -0.3 is 15.6 Å². The van der Waals surface area contributed by atoms with Crippen molar-refractivity contribution in [3.05, 3.63) is 54.4 Å². The molecular weight excluding hydrogens is 250 g/mol. The third kappa shape index (κ3) is 3.88. The maximum atomic E-state index is 11.9. The molecule has 1 atom stereocenters. The molecule has 4 nitrogen and oxygen atoms in total. The highest BCUT2D eigenvalue weighted by Gasteiger charge is 2.15. The van der Waals surface area contributed by atoms with E-state index in [2.05, 4.69) is 29.5 Å². The van der Waals surface area contributed by atoms with Crippen LogP contribution in [0.1, 0.15) is 24.3 Å². The van der Waals surface area contributed by atoms with Crippen molar-refractivity contribution in [2.24, 2.45) is 5.92 Å². The smallest absolute Gasteiger partial charge is 0.267 e. The molecule has 0 saturated heterocycles. The largest absolute Gasteiger partial charge is 0.380 e. The first-order chi connectivity index (χ1) is 9.66. The first-order valence-corrected chi connectivity index (χ1v) is 6.90. The van der Waals surface area contributed by atoms with Crippen LogP contribution in [0.2, 0.25) is 0 Å². The lowest BCUT2D eigenvalue weighted by molar-refractivity contribution is 0.0946. The van der Waals surface area contributed by atoms with Gasteiger partial charge in [-0.25, -0.2) is 0 Å². The fraction of sp³-hybridized carbons (Fsp3) is 0.312. The van der Waals surface area contributed by atoms with Gasteiger partial charge in [-0.1, -0.05) is 32.0 Å². The molecule has 0 aliphatic carbocycles. The average molecular weight is 271 g/mol. The normalized spacial score (nSPS) is 12.2. The molecule has 0 saturated carbocycles. The van der Waals surface area contributed by atoms with Crippen LogP contribution in [0.15, 0.2) is 48.7 Å². The maximum absolute atomic E-state index is 11.9. The first-order valence-electron chi connectivity index (χ1n) is 6.90. The molecule has 1 aromatic heterocycles. The fourth-order valence-electron chi connectivity index (χ4n) is 1.97. The monoisotopic (exact) mass is 271 g/mol. The van der Waals surface area contributed by atoms with Gasteiger partial charge in [0.1, 0.15) is 5.69 Å². The molecule has 3 N–H and O–H groups in total. The lowest BCUT2D eigenvalue weighted by Gasteiger charge is -2.23. The third-order valence-corrected chi connectivity index (χ3v) is 3.26. The number of carbonyl (C=O) groups excluding carboxylic acids is 1. The lowest BCUT2D eigenvalue weighted by Crippen LogP contribution is -2.39. The van der Waals surface area contributed by atoms with Crippen molar-refractivity contribution in [3.63, 3.8) is 0 Å². The standard InChI is InChI=1S/C16H21N3O/c1-12(2)15(19-13-7-4-3-5-8-13)11-18-16(20)14-9-6-10-17-14/h3-10,12,15,17,19H,11H2,1-2H3,(H,18,20)/t15-/m0/s1. The number of carbonyl (C=O) groups is 1. The van der Waals surface area contributed by atoms with Crippen molar-refractivity contribution in [3.8, 4) is 0 Å². The Kier molecular flexibility index (Phi) is 4.82. The summed E-state index contributed by atoms with van der Waals surface area (Å²) in [6.07, 6.45) is 1.75. The molecule has 106 valence electrons. The Hall–Kier alpha value is -2.23. The number of rotatable bonds is 6. The lowest BCUT2D eigenvalue weighted by atomic mass is 10.0. The van der Waals surface area contributed by atoms with Gasteiger partial charge in [-0.15, -0.1) is 0 Å². The Morgan fingerprint density at radius 3 is 2.50 bits per heavy atom. The molecular formula is C16H21N3O. The van der Waals surface area contributed by atoms with Gasteiger partial charge in [-0.2, -0.15) is 0 Å². The van der Waals surface area contributed by atoms with E-state index in [-0.39, 0.29) is 11.9 Å². The van der Waals surface area contributed by atoms with Crippen molar-refractivity contribution in [1.29, 1.82) is 0 Å². The van der Waals surface area contributed by atoms with Crippen LogP contribution in [0.4, 0.5) is 5.69 Å². The van der Waals surface area contributed by atoms with Gasteiger partial charge in [0.15, 0.2) is 0 Å². The Labute approximate surface area is 119 Å². The number of hydrogen-bond acceptors (Lipinski definition) is 2. The highest BCUT2D eigenvalue weighted by atomic mass is 16.1. The molecule has 1 amide bonds. The van der Waals surface area contributed by atoms with E-state index in [0.29, 0.717) is 18.2 Å². The van der Waals surface area contributed by atoms with Crippen molar-refractivity contribution < 1.29 is 4.79 Å². The summed E-state index contributed by atoms with van der Waals surface area (Å²) >= 11 is 0. The van der Waals surface area contributed by atoms with Gasteiger partial charge >= 0.3 is 0 Å². The van der Waals surface area contributed by atoms with Gasteiger partial charge in [-0.3, -0.25) is 4.79 Å². The second-order valence-corrected chi connectivity index (χ2v) is 5.15. The predicted molar refractivity (Wildman–Crippen MR) is 81.8 cm³/mol. The highest BCUT2D eigenvalue weighted by molar-refractivity contribution is 5.92. The predicted octanol–water partition coefficient (Wildman–Crippen LogP) is 2.88. The summed E-state index contributed by atoms with van der Waals surface area (Å²) in [6, 6.07) is 13.8. The van der Waals surface area contributed by atoms with Gasteiger partial charge in [0, 0.05) is 24.5 Å². The molecule has 0 fully saturated rings. The van der Waals surface area contributed by atoms with E-state index in [9.17, 15) is 4.79 Å². The molecule has 20 heavy (non-hydrogen) atoms. The minimum Gasteiger partial charge on any atom is -0.380 e. The number of H-pyrrole nitrogens is 1. The molecule has 0 unspecified atom stereocenters. The molecule has 0 aliphatic rings. The average Bonchev–Trinajstić information content (AvgIpc) is 2.98. The van der Waals surface area contributed by atoms with Crippen LogP contribution >= 0.6 is 0 Å². The number of aromatic nitrogens is 1. The zero-order valence-corrected chi connectivity index (χ0v) is 11.9. The van der Waals surface area contributed by atoms with Gasteiger partial charge in [0.05, 0.1) is 0 Å². The van der Waals surface area contributed by atoms with Gasteiger partial charge in [0.2, 0.25) is 0 Å². The van der Waals surface area contributed by atoms with E-state index in [4.69, 9.17) is 0 Å². The summed E-state index contributed by atoms with van der Waals surface area (Å²) in [6.45, 7) is 4.87. The van der Waals surface area contributed by atoms with Crippen LogP contribution in [0.3, 0.4) is 0 Å². The van der Waals surface area contributed by atoms with Crippen LogP contribution in [0, 0.1) is 5.92 Å². The molecule has 0 aliphatic heterocycles. The SMILES string of the molecule is CC(C)[C@H](CNC(=O)c1ccc[nH]1)Nc1ccccc1. The zero-order valence-electron chi connectivity index (χ0n) is 11.9. The minimum absolute atomic E-state index is 0.0736. The molecule has 1 aromatic carbocycles. The first kappa shape index (κ1) is 14.2. The van der Waals surface area contributed by atoms with Crippen molar-refractivity contribution >= 4 is 11.6 Å². The van der Waals surface area contributed by atoms with Crippen LogP contribution in [0.25, 0.3) is 0 Å². The molecule has 2 aromatic rings. The van der Waals surface area contributed by atoms with E-state index in [1.807, 2.05) is 36.4 Å². The Balaban J connectivity index is 1.91. The minimum atomic E-state index is -0.0736. The van der Waals surface area contributed by atoms with Crippen molar-refractivity contribution in [2.45, 2.75) is 19.9 Å². The van der Waals surface area contributed by atoms with Crippen molar-refractivity contribution in [1.82, 2.24) is 10.3 Å².